The summed E-state index contributed by atoms with van der Waals surface area (Å²) < 4.78 is 19.9. The summed E-state index contributed by atoms with van der Waals surface area (Å²) in [5.74, 6) is -0.0889. The first kappa shape index (κ1) is 17.3. The zero-order chi connectivity index (χ0) is 17.0. The Hall–Kier alpha value is -2.06. The number of likely N-dealkylation sites (N-methyl/N-ethyl adjacent to an activating group) is 1. The Morgan fingerprint density at radius 2 is 2.09 bits per heavy atom. The smallest absolute Gasteiger partial charge is 0.288 e. The zero-order valence-corrected chi connectivity index (χ0v) is 14.1. The SMILES string of the molecule is CC(C)NC(=O)CN(C)Cn1nc(-c2ccc(F)cc2)oc1=S. The van der Waals surface area contributed by atoms with Crippen molar-refractivity contribution in [1.82, 2.24) is 20.0 Å². The number of nitrogens with one attached hydrogen (secondary N) is 1. The second kappa shape index (κ2) is 7.47. The van der Waals surface area contributed by atoms with Crippen LogP contribution in [-0.4, -0.2) is 40.2 Å². The highest BCUT2D eigenvalue weighted by Gasteiger charge is 2.12. The van der Waals surface area contributed by atoms with Gasteiger partial charge in [-0.3, -0.25) is 9.69 Å². The molecule has 0 radical (unpaired) electrons. The van der Waals surface area contributed by atoms with Crippen LogP contribution in [0.5, 0.6) is 0 Å². The van der Waals surface area contributed by atoms with Crippen LogP contribution < -0.4 is 5.32 Å². The van der Waals surface area contributed by atoms with Gasteiger partial charge in [-0.1, -0.05) is 0 Å². The Balaban J connectivity index is 2.05. The molecule has 0 aliphatic rings. The normalized spacial score (nSPS) is 11.2. The van der Waals surface area contributed by atoms with E-state index in [-0.39, 0.29) is 29.1 Å². The molecule has 1 N–H and O–H groups in total. The van der Waals surface area contributed by atoms with Crippen LogP contribution in [0.1, 0.15) is 13.8 Å². The maximum Gasteiger partial charge on any atom is 0.288 e. The fourth-order valence-corrected chi connectivity index (χ4v) is 2.17. The third-order valence-corrected chi connectivity index (χ3v) is 3.23. The molecule has 2 aromatic rings. The van der Waals surface area contributed by atoms with E-state index in [9.17, 15) is 9.18 Å². The zero-order valence-electron chi connectivity index (χ0n) is 13.2. The van der Waals surface area contributed by atoms with Crippen molar-refractivity contribution < 1.29 is 13.6 Å². The van der Waals surface area contributed by atoms with E-state index in [2.05, 4.69) is 10.4 Å². The monoisotopic (exact) mass is 338 g/mol. The Labute approximate surface area is 138 Å². The number of hydrogen-bond acceptors (Lipinski definition) is 5. The number of carbonyl (C=O) groups excluding carboxylic acids is 1. The molecular formula is C15H19FN4O2S. The highest BCUT2D eigenvalue weighted by Crippen LogP contribution is 2.18. The van der Waals surface area contributed by atoms with Crippen LogP contribution in [0.2, 0.25) is 0 Å². The molecule has 1 amide bonds. The van der Waals surface area contributed by atoms with Crippen LogP contribution in [0.25, 0.3) is 11.5 Å². The fraction of sp³-hybridized carbons (Fsp3) is 0.400. The quantitative estimate of drug-likeness (QED) is 0.820. The third-order valence-electron chi connectivity index (χ3n) is 2.94. The van der Waals surface area contributed by atoms with Gasteiger partial charge in [-0.25, -0.2) is 9.07 Å². The van der Waals surface area contributed by atoms with Crippen molar-refractivity contribution in [3.63, 3.8) is 0 Å². The molecule has 1 heterocycles. The van der Waals surface area contributed by atoms with Gasteiger partial charge in [0.1, 0.15) is 5.82 Å². The van der Waals surface area contributed by atoms with Crippen molar-refractivity contribution in [2.24, 2.45) is 0 Å². The summed E-state index contributed by atoms with van der Waals surface area (Å²) >= 11 is 5.13. The van der Waals surface area contributed by atoms with Crippen LogP contribution in [0.3, 0.4) is 0 Å². The minimum Gasteiger partial charge on any atom is -0.409 e. The average molecular weight is 338 g/mol. The molecule has 1 aromatic carbocycles. The Bertz CT molecular complexity index is 724. The van der Waals surface area contributed by atoms with Crippen molar-refractivity contribution in [1.29, 1.82) is 0 Å². The van der Waals surface area contributed by atoms with Crippen LogP contribution in [0.15, 0.2) is 28.7 Å². The number of hydrogen-bond donors (Lipinski definition) is 1. The van der Waals surface area contributed by atoms with Crippen LogP contribution in [0, 0.1) is 10.7 Å². The van der Waals surface area contributed by atoms with Gasteiger partial charge >= 0.3 is 0 Å². The molecule has 0 spiro atoms. The average Bonchev–Trinajstić information content (AvgIpc) is 2.79. The van der Waals surface area contributed by atoms with Gasteiger partial charge < -0.3 is 9.73 Å². The van der Waals surface area contributed by atoms with E-state index < -0.39 is 0 Å². The molecule has 0 unspecified atom stereocenters. The van der Waals surface area contributed by atoms with E-state index in [0.717, 1.165) is 0 Å². The molecule has 0 aliphatic carbocycles. The first-order valence-corrected chi connectivity index (χ1v) is 7.58. The molecule has 8 heteroatoms. The molecule has 0 saturated carbocycles. The maximum absolute atomic E-state index is 12.9. The predicted octanol–water partition coefficient (Wildman–Crippen LogP) is 2.43. The van der Waals surface area contributed by atoms with E-state index in [4.69, 9.17) is 16.6 Å². The Morgan fingerprint density at radius 1 is 1.43 bits per heavy atom. The van der Waals surface area contributed by atoms with Gasteiger partial charge in [0.15, 0.2) is 0 Å². The lowest BCUT2D eigenvalue weighted by Crippen LogP contribution is -2.39. The van der Waals surface area contributed by atoms with Gasteiger partial charge in [-0.05, 0) is 57.4 Å². The van der Waals surface area contributed by atoms with Crippen molar-refractivity contribution in [3.8, 4) is 11.5 Å². The lowest BCUT2D eigenvalue weighted by Gasteiger charge is -2.16. The van der Waals surface area contributed by atoms with Gasteiger partial charge in [-0.2, -0.15) is 0 Å². The minimum atomic E-state index is -0.331. The van der Waals surface area contributed by atoms with Crippen LogP contribution in [0.4, 0.5) is 4.39 Å². The number of benzene rings is 1. The molecule has 124 valence electrons. The lowest BCUT2D eigenvalue weighted by molar-refractivity contribution is -0.122. The van der Waals surface area contributed by atoms with E-state index in [1.807, 2.05) is 13.8 Å². The van der Waals surface area contributed by atoms with Crippen molar-refractivity contribution in [3.05, 3.63) is 34.9 Å². The maximum atomic E-state index is 12.9. The highest BCUT2D eigenvalue weighted by atomic mass is 32.1. The lowest BCUT2D eigenvalue weighted by atomic mass is 10.2. The number of amides is 1. The topological polar surface area (TPSA) is 63.3 Å². The van der Waals surface area contributed by atoms with E-state index in [0.29, 0.717) is 18.1 Å². The summed E-state index contributed by atoms with van der Waals surface area (Å²) in [7, 11) is 1.79. The number of nitrogens with zero attached hydrogens (tertiary/aromatic N) is 3. The second-order valence-electron chi connectivity index (χ2n) is 5.56. The summed E-state index contributed by atoms with van der Waals surface area (Å²) in [6.07, 6.45) is 0. The van der Waals surface area contributed by atoms with Crippen LogP contribution >= 0.6 is 12.2 Å². The van der Waals surface area contributed by atoms with E-state index in [1.165, 1.54) is 16.8 Å². The molecule has 1 aromatic heterocycles. The fourth-order valence-electron chi connectivity index (χ4n) is 2.00. The summed E-state index contributed by atoms with van der Waals surface area (Å²) in [5, 5.41) is 7.08. The molecule has 0 aliphatic heterocycles. The highest BCUT2D eigenvalue weighted by molar-refractivity contribution is 7.71. The molecule has 0 bridgehead atoms. The van der Waals surface area contributed by atoms with Gasteiger partial charge in [0.05, 0.1) is 13.2 Å². The number of rotatable bonds is 6. The van der Waals surface area contributed by atoms with Crippen molar-refractivity contribution >= 4 is 18.1 Å². The molecule has 0 saturated heterocycles. The molecule has 0 fully saturated rings. The first-order valence-electron chi connectivity index (χ1n) is 7.17. The molecular weight excluding hydrogens is 319 g/mol. The van der Waals surface area contributed by atoms with Crippen molar-refractivity contribution in [2.45, 2.75) is 26.6 Å². The molecule has 6 nitrogen and oxygen atoms in total. The van der Waals surface area contributed by atoms with Gasteiger partial charge in [0.25, 0.3) is 4.84 Å². The molecule has 0 atom stereocenters. The van der Waals surface area contributed by atoms with E-state index >= 15 is 0 Å². The van der Waals surface area contributed by atoms with Gasteiger partial charge in [0.2, 0.25) is 11.8 Å². The van der Waals surface area contributed by atoms with Gasteiger partial charge in [-0.15, -0.1) is 5.10 Å². The first-order chi connectivity index (χ1) is 10.8. The van der Waals surface area contributed by atoms with E-state index in [1.54, 1.807) is 24.1 Å². The standard InChI is InChI=1S/C15H19FN4O2S/c1-10(2)17-13(21)8-19(3)9-20-15(23)22-14(18-20)11-4-6-12(16)7-5-11/h4-7,10H,8-9H2,1-3H3,(H,17,21). The summed E-state index contributed by atoms with van der Waals surface area (Å²) in [4.78, 5) is 13.7. The largest absolute Gasteiger partial charge is 0.409 e. The van der Waals surface area contributed by atoms with Crippen molar-refractivity contribution in [2.75, 3.05) is 13.6 Å². The Kier molecular flexibility index (Phi) is 5.62. The molecule has 23 heavy (non-hydrogen) atoms. The van der Waals surface area contributed by atoms with Crippen LogP contribution in [-0.2, 0) is 11.5 Å². The second-order valence-corrected chi connectivity index (χ2v) is 5.91. The number of carbonyl (C=O) groups is 1. The minimum absolute atomic E-state index is 0.0729. The summed E-state index contributed by atoms with van der Waals surface area (Å²) in [6.45, 7) is 4.34. The van der Waals surface area contributed by atoms with Gasteiger partial charge in [0, 0.05) is 11.6 Å². The Morgan fingerprint density at radius 3 is 2.70 bits per heavy atom. The third kappa shape index (κ3) is 4.97. The predicted molar refractivity (Wildman–Crippen MR) is 86.6 cm³/mol. The number of aromatic nitrogens is 2. The number of halogens is 1. The summed E-state index contributed by atoms with van der Waals surface area (Å²) in [6, 6.07) is 5.89. The summed E-state index contributed by atoms with van der Waals surface area (Å²) in [5.41, 5.74) is 0.636. The molecule has 2 rings (SSSR count).